The number of esters is 1. The van der Waals surface area contributed by atoms with Crippen LogP contribution in [-0.4, -0.2) is 36.9 Å². The van der Waals surface area contributed by atoms with E-state index in [-0.39, 0.29) is 30.4 Å². The molecule has 0 radical (unpaired) electrons. The Morgan fingerprint density at radius 3 is 2.62 bits per heavy atom. The molecule has 0 aromatic heterocycles. The molecule has 76 valence electrons. The van der Waals surface area contributed by atoms with Gasteiger partial charge in [-0.1, -0.05) is 0 Å². The molecule has 0 aromatic carbocycles. The molecule has 2 aliphatic heterocycles. The van der Waals surface area contributed by atoms with Crippen molar-refractivity contribution in [3.05, 3.63) is 0 Å². The van der Waals surface area contributed by atoms with E-state index in [1.54, 1.807) is 0 Å². The first kappa shape index (κ1) is 10.8. The Morgan fingerprint density at radius 1 is 1.62 bits per heavy atom. The molecule has 1 saturated carbocycles. The fourth-order valence-electron chi connectivity index (χ4n) is 2.41. The molecule has 2 N–H and O–H groups in total. The molecule has 0 spiro atoms. The Bertz CT molecular complexity index is 225. The van der Waals surface area contributed by atoms with Crippen molar-refractivity contribution < 1.29 is 14.6 Å². The molecular formula is C8H14ClNO3. The second-order valence-corrected chi connectivity index (χ2v) is 3.94. The van der Waals surface area contributed by atoms with Gasteiger partial charge in [-0.25, -0.2) is 0 Å². The number of halogens is 1. The Labute approximate surface area is 83.1 Å². The monoisotopic (exact) mass is 207 g/mol. The summed E-state index contributed by atoms with van der Waals surface area (Å²) in [6.07, 6.45) is 1.45. The van der Waals surface area contributed by atoms with E-state index in [1.165, 1.54) is 7.11 Å². The zero-order valence-corrected chi connectivity index (χ0v) is 8.32. The van der Waals surface area contributed by atoms with Gasteiger partial charge in [0.05, 0.1) is 13.7 Å². The number of rotatable bonds is 2. The van der Waals surface area contributed by atoms with Crippen LogP contribution < -0.4 is 5.32 Å². The Kier molecular flexibility index (Phi) is 2.58. The first-order valence-electron chi connectivity index (χ1n) is 4.11. The van der Waals surface area contributed by atoms with Gasteiger partial charge in [0.1, 0.15) is 5.54 Å². The lowest BCUT2D eigenvalue weighted by Gasteiger charge is -2.42. The molecule has 3 aliphatic rings. The predicted octanol–water partition coefficient (Wildman–Crippen LogP) is -0.304. The third kappa shape index (κ3) is 1.24. The molecule has 2 heterocycles. The summed E-state index contributed by atoms with van der Waals surface area (Å²) < 4.78 is 4.68. The quantitative estimate of drug-likeness (QED) is 0.611. The van der Waals surface area contributed by atoms with Crippen LogP contribution in [0.5, 0.6) is 0 Å². The van der Waals surface area contributed by atoms with Crippen molar-refractivity contribution in [2.24, 2.45) is 5.41 Å². The minimum Gasteiger partial charge on any atom is -0.468 e. The van der Waals surface area contributed by atoms with E-state index < -0.39 is 5.54 Å². The summed E-state index contributed by atoms with van der Waals surface area (Å²) >= 11 is 0. The third-order valence-electron chi connectivity index (χ3n) is 3.07. The standard InChI is InChI=1S/C8H13NO3.ClH/c1-12-6(11)8-2-7(3-8,5-10)4-9-8;/h9-10H,2-5H2,1H3;1H. The fraction of sp³-hybridized carbons (Fsp3) is 0.875. The second kappa shape index (κ2) is 3.12. The van der Waals surface area contributed by atoms with E-state index in [2.05, 4.69) is 10.1 Å². The van der Waals surface area contributed by atoms with E-state index in [0.29, 0.717) is 0 Å². The van der Waals surface area contributed by atoms with Gasteiger partial charge < -0.3 is 15.2 Å². The molecule has 2 bridgehead atoms. The third-order valence-corrected chi connectivity index (χ3v) is 3.07. The van der Waals surface area contributed by atoms with Crippen LogP contribution >= 0.6 is 12.4 Å². The van der Waals surface area contributed by atoms with Gasteiger partial charge >= 0.3 is 5.97 Å². The first-order valence-corrected chi connectivity index (χ1v) is 4.11. The number of aliphatic hydroxyl groups is 1. The van der Waals surface area contributed by atoms with Crippen molar-refractivity contribution >= 4 is 18.4 Å². The maximum absolute atomic E-state index is 11.3. The van der Waals surface area contributed by atoms with Crippen LogP contribution in [0.1, 0.15) is 12.8 Å². The number of carbonyl (C=O) groups is 1. The molecule has 0 amide bonds. The first-order chi connectivity index (χ1) is 5.66. The summed E-state index contributed by atoms with van der Waals surface area (Å²) in [5.41, 5.74) is -0.494. The van der Waals surface area contributed by atoms with Crippen LogP contribution in [0.3, 0.4) is 0 Å². The van der Waals surface area contributed by atoms with Crippen molar-refractivity contribution in [1.82, 2.24) is 5.32 Å². The molecule has 13 heavy (non-hydrogen) atoms. The number of aliphatic hydroxyl groups excluding tert-OH is 1. The van der Waals surface area contributed by atoms with Gasteiger partial charge in [0.15, 0.2) is 0 Å². The van der Waals surface area contributed by atoms with E-state index >= 15 is 0 Å². The second-order valence-electron chi connectivity index (χ2n) is 3.94. The van der Waals surface area contributed by atoms with E-state index in [9.17, 15) is 4.79 Å². The zero-order chi connectivity index (χ0) is 8.82. The van der Waals surface area contributed by atoms with Gasteiger partial charge in [-0.15, -0.1) is 12.4 Å². The highest BCUT2D eigenvalue weighted by Crippen LogP contribution is 2.53. The molecule has 0 atom stereocenters. The summed E-state index contributed by atoms with van der Waals surface area (Å²) in [7, 11) is 1.40. The number of ether oxygens (including phenoxy) is 1. The van der Waals surface area contributed by atoms with Crippen LogP contribution in [0.2, 0.25) is 0 Å². The molecule has 1 aliphatic carbocycles. The molecule has 4 nitrogen and oxygen atoms in total. The number of carbonyl (C=O) groups excluding carboxylic acids is 1. The molecule has 0 aromatic rings. The highest BCUT2D eigenvalue weighted by molar-refractivity contribution is 5.85. The summed E-state index contributed by atoms with van der Waals surface area (Å²) in [6, 6.07) is 0. The number of hydrogen-bond donors (Lipinski definition) is 2. The van der Waals surface area contributed by atoms with Crippen LogP contribution in [-0.2, 0) is 9.53 Å². The van der Waals surface area contributed by atoms with Crippen LogP contribution in [0, 0.1) is 5.41 Å². The van der Waals surface area contributed by atoms with Crippen molar-refractivity contribution in [1.29, 1.82) is 0 Å². The number of hydrogen-bond acceptors (Lipinski definition) is 4. The average molecular weight is 208 g/mol. The molecule has 3 fully saturated rings. The summed E-state index contributed by atoms with van der Waals surface area (Å²) in [6.45, 7) is 0.900. The normalized spacial score (nSPS) is 40.5. The van der Waals surface area contributed by atoms with Gasteiger partial charge in [-0.05, 0) is 12.8 Å². The lowest BCUT2D eigenvalue weighted by Crippen LogP contribution is -2.55. The van der Waals surface area contributed by atoms with Gasteiger partial charge in [-0.2, -0.15) is 0 Å². The van der Waals surface area contributed by atoms with Gasteiger partial charge in [-0.3, -0.25) is 4.79 Å². The predicted molar refractivity (Wildman–Crippen MR) is 48.8 cm³/mol. The number of methoxy groups -OCH3 is 1. The maximum Gasteiger partial charge on any atom is 0.326 e. The van der Waals surface area contributed by atoms with Gasteiger partial charge in [0.25, 0.3) is 0 Å². The zero-order valence-electron chi connectivity index (χ0n) is 7.50. The van der Waals surface area contributed by atoms with Crippen LogP contribution in [0.25, 0.3) is 0 Å². The molecule has 5 heteroatoms. The van der Waals surface area contributed by atoms with Crippen molar-refractivity contribution in [3.63, 3.8) is 0 Å². The minimum atomic E-state index is -0.461. The Morgan fingerprint density at radius 2 is 2.23 bits per heavy atom. The van der Waals surface area contributed by atoms with Crippen molar-refractivity contribution in [2.45, 2.75) is 18.4 Å². The topological polar surface area (TPSA) is 58.6 Å². The minimum absolute atomic E-state index is 0. The summed E-state index contributed by atoms with van der Waals surface area (Å²) in [5, 5.41) is 12.2. The van der Waals surface area contributed by atoms with Crippen LogP contribution in [0.4, 0.5) is 0 Å². The fourth-order valence-corrected chi connectivity index (χ4v) is 2.41. The summed E-state index contributed by atoms with van der Waals surface area (Å²) in [5.74, 6) is -0.191. The van der Waals surface area contributed by atoms with Crippen LogP contribution in [0.15, 0.2) is 0 Å². The Balaban J connectivity index is 0.000000845. The van der Waals surface area contributed by atoms with Crippen molar-refractivity contribution in [3.8, 4) is 0 Å². The van der Waals surface area contributed by atoms with Gasteiger partial charge in [0.2, 0.25) is 0 Å². The SMILES string of the molecule is COC(=O)C12CC(CO)(CN1)C2.Cl. The largest absolute Gasteiger partial charge is 0.468 e. The molecule has 0 unspecified atom stereocenters. The lowest BCUT2D eigenvalue weighted by molar-refractivity contribution is -0.154. The maximum atomic E-state index is 11.3. The number of nitrogens with one attached hydrogen (secondary N) is 1. The smallest absolute Gasteiger partial charge is 0.326 e. The molecular weight excluding hydrogens is 194 g/mol. The number of fused-ring (bicyclic) bond motifs is 1. The Hall–Kier alpha value is -0.320. The highest BCUT2D eigenvalue weighted by Gasteiger charge is 2.65. The molecule has 3 rings (SSSR count). The summed E-state index contributed by atoms with van der Waals surface area (Å²) in [4.78, 5) is 11.3. The average Bonchev–Trinajstić information content (AvgIpc) is 2.57. The van der Waals surface area contributed by atoms with Gasteiger partial charge in [0, 0.05) is 12.0 Å². The van der Waals surface area contributed by atoms with E-state index in [4.69, 9.17) is 5.11 Å². The van der Waals surface area contributed by atoms with E-state index in [0.717, 1.165) is 19.4 Å². The molecule has 2 saturated heterocycles. The lowest BCUT2D eigenvalue weighted by atomic mass is 9.62. The highest BCUT2D eigenvalue weighted by atomic mass is 35.5. The van der Waals surface area contributed by atoms with E-state index in [1.807, 2.05) is 0 Å². The van der Waals surface area contributed by atoms with Crippen molar-refractivity contribution in [2.75, 3.05) is 20.3 Å².